The highest BCUT2D eigenvalue weighted by molar-refractivity contribution is 7.91. The number of nitrogens with zero attached hydrogens (tertiary/aromatic N) is 2. The summed E-state index contributed by atoms with van der Waals surface area (Å²) in [5.74, 6) is -0.0930. The van der Waals surface area contributed by atoms with Gasteiger partial charge >= 0.3 is 6.09 Å². The molecule has 1 aliphatic rings. The molecule has 2 rings (SSSR count). The Morgan fingerprint density at radius 2 is 2.22 bits per heavy atom. The number of sulfone groups is 1. The van der Waals surface area contributed by atoms with Crippen LogP contribution in [0.5, 0.6) is 0 Å². The molecule has 2 heterocycles. The third-order valence-corrected chi connectivity index (χ3v) is 6.82. The second-order valence-electron chi connectivity index (χ2n) is 6.58. The van der Waals surface area contributed by atoms with Gasteiger partial charge in [-0.05, 0) is 33.6 Å². The molecule has 1 aromatic heterocycles. The largest absolute Gasteiger partial charge is 0.444 e. The monoisotopic (exact) mass is 380 g/mol. The van der Waals surface area contributed by atoms with Gasteiger partial charge in [-0.15, -0.1) is 11.3 Å². The van der Waals surface area contributed by atoms with Gasteiger partial charge in [0.05, 0.1) is 11.0 Å². The molecule has 1 fully saturated rings. The predicted octanol–water partition coefficient (Wildman–Crippen LogP) is 3.11. The highest BCUT2D eigenvalue weighted by Gasteiger charge is 2.34. The number of rotatable bonds is 3. The summed E-state index contributed by atoms with van der Waals surface area (Å²) in [4.78, 5) is 18.1. The van der Waals surface area contributed by atoms with Crippen LogP contribution in [-0.2, 0) is 20.3 Å². The van der Waals surface area contributed by atoms with E-state index in [1.165, 1.54) is 11.1 Å². The molecule has 6 nitrogen and oxygen atoms in total. The van der Waals surface area contributed by atoms with Crippen LogP contribution in [0.3, 0.4) is 0 Å². The molecule has 0 unspecified atom stereocenters. The maximum atomic E-state index is 12.6. The second kappa shape index (κ2) is 6.94. The van der Waals surface area contributed by atoms with E-state index in [2.05, 4.69) is 4.98 Å². The van der Waals surface area contributed by atoms with Crippen LogP contribution in [0.15, 0.2) is 6.20 Å². The third-order valence-electron chi connectivity index (χ3n) is 3.41. The van der Waals surface area contributed by atoms with Gasteiger partial charge in [0, 0.05) is 24.2 Å². The van der Waals surface area contributed by atoms with E-state index in [0.29, 0.717) is 28.7 Å². The molecule has 0 radical (unpaired) electrons. The first-order valence-electron chi connectivity index (χ1n) is 7.36. The zero-order valence-electron chi connectivity index (χ0n) is 13.4. The molecule has 1 aliphatic heterocycles. The maximum Gasteiger partial charge on any atom is 0.410 e. The molecule has 1 saturated heterocycles. The summed E-state index contributed by atoms with van der Waals surface area (Å²) in [6.07, 6.45) is 2.22. The Kier molecular flexibility index (Phi) is 5.58. The molecule has 0 aromatic carbocycles. The van der Waals surface area contributed by atoms with Crippen LogP contribution in [0.25, 0.3) is 0 Å². The number of hydrogen-bond donors (Lipinski definition) is 0. The molecule has 0 saturated carbocycles. The Balaban J connectivity index is 2.03. The lowest BCUT2D eigenvalue weighted by Gasteiger charge is -2.33. The topological polar surface area (TPSA) is 76.6 Å². The molecule has 0 bridgehead atoms. The molecule has 23 heavy (non-hydrogen) atoms. The molecule has 1 aromatic rings. The van der Waals surface area contributed by atoms with Gasteiger partial charge in [-0.3, -0.25) is 0 Å². The minimum absolute atomic E-state index is 0.0930. The molecular weight excluding hydrogens is 360 g/mol. The van der Waals surface area contributed by atoms with Gasteiger partial charge in [-0.1, -0.05) is 11.6 Å². The first-order valence-corrected chi connectivity index (χ1v) is 10.3. The zero-order chi connectivity index (χ0) is 17.3. The van der Waals surface area contributed by atoms with Crippen molar-refractivity contribution in [1.82, 2.24) is 9.88 Å². The quantitative estimate of drug-likeness (QED) is 0.805. The van der Waals surface area contributed by atoms with Crippen LogP contribution in [0.4, 0.5) is 4.79 Å². The summed E-state index contributed by atoms with van der Waals surface area (Å²) in [6, 6.07) is 0. The van der Waals surface area contributed by atoms with Gasteiger partial charge in [0.2, 0.25) is 0 Å². The molecular formula is C14H21ClN2O4S2. The van der Waals surface area contributed by atoms with Gasteiger partial charge in [0.25, 0.3) is 0 Å². The fourth-order valence-electron chi connectivity index (χ4n) is 2.39. The standard InChI is InChI=1S/C14H21ClN2O4S2/c1-14(2,3)21-13(18)17-6-4-5-11(8-17)23(19,20)9-10-7-16-12(15)22-10/h7,11H,4-6,8-9H2,1-3H3/t11-/m1/s1. The van der Waals surface area contributed by atoms with E-state index in [1.807, 2.05) is 0 Å². The predicted molar refractivity (Wildman–Crippen MR) is 90.6 cm³/mol. The molecule has 1 amide bonds. The van der Waals surface area contributed by atoms with Crippen molar-refractivity contribution < 1.29 is 17.9 Å². The minimum Gasteiger partial charge on any atom is -0.444 e. The van der Waals surface area contributed by atoms with Gasteiger partial charge in [0.15, 0.2) is 14.3 Å². The number of carbonyl (C=O) groups excluding carboxylic acids is 1. The average Bonchev–Trinajstić information content (AvgIpc) is 2.81. The van der Waals surface area contributed by atoms with Gasteiger partial charge in [0.1, 0.15) is 5.60 Å². The van der Waals surface area contributed by atoms with Crippen molar-refractivity contribution in [1.29, 1.82) is 0 Å². The summed E-state index contributed by atoms with van der Waals surface area (Å²) in [6.45, 7) is 6.06. The normalized spacial score (nSPS) is 19.7. The molecule has 9 heteroatoms. The van der Waals surface area contributed by atoms with Crippen molar-refractivity contribution in [2.45, 2.75) is 50.2 Å². The number of aromatic nitrogens is 1. The number of carbonyl (C=O) groups is 1. The number of thiazole rings is 1. The third kappa shape index (κ3) is 5.32. The Hall–Kier alpha value is -0.860. The Morgan fingerprint density at radius 1 is 1.52 bits per heavy atom. The molecule has 0 N–H and O–H groups in total. The van der Waals surface area contributed by atoms with E-state index in [4.69, 9.17) is 16.3 Å². The average molecular weight is 381 g/mol. The van der Waals surface area contributed by atoms with Gasteiger partial charge in [-0.25, -0.2) is 18.2 Å². The van der Waals surface area contributed by atoms with E-state index in [-0.39, 0.29) is 12.3 Å². The first-order chi connectivity index (χ1) is 10.6. The smallest absolute Gasteiger partial charge is 0.410 e. The number of piperidine rings is 1. The Bertz CT molecular complexity index is 667. The number of ether oxygens (including phenoxy) is 1. The van der Waals surface area contributed by atoms with E-state index < -0.39 is 26.8 Å². The van der Waals surface area contributed by atoms with Crippen LogP contribution in [0, 0.1) is 0 Å². The fourth-order valence-corrected chi connectivity index (χ4v) is 5.53. The lowest BCUT2D eigenvalue weighted by atomic mass is 10.1. The van der Waals surface area contributed by atoms with Crippen LogP contribution in [-0.4, -0.2) is 48.3 Å². The van der Waals surface area contributed by atoms with Crippen molar-refractivity contribution in [3.63, 3.8) is 0 Å². The lowest BCUT2D eigenvalue weighted by Crippen LogP contribution is -2.47. The molecule has 130 valence electrons. The van der Waals surface area contributed by atoms with Crippen molar-refractivity contribution in [2.75, 3.05) is 13.1 Å². The first kappa shape index (κ1) is 18.5. The molecule has 0 spiro atoms. The van der Waals surface area contributed by atoms with Gasteiger partial charge < -0.3 is 9.64 Å². The maximum absolute atomic E-state index is 12.6. The zero-order valence-corrected chi connectivity index (χ0v) is 15.8. The van der Waals surface area contributed by atoms with Gasteiger partial charge in [-0.2, -0.15) is 0 Å². The van der Waals surface area contributed by atoms with E-state index >= 15 is 0 Å². The Morgan fingerprint density at radius 3 is 2.78 bits per heavy atom. The SMILES string of the molecule is CC(C)(C)OC(=O)N1CCC[C@@H](S(=O)(=O)Cc2cnc(Cl)s2)C1. The number of amides is 1. The summed E-state index contributed by atoms with van der Waals surface area (Å²) in [5.41, 5.74) is -0.595. The van der Waals surface area contributed by atoms with Crippen LogP contribution >= 0.6 is 22.9 Å². The van der Waals surface area contributed by atoms with Crippen molar-refractivity contribution in [3.8, 4) is 0 Å². The summed E-state index contributed by atoms with van der Waals surface area (Å²) in [7, 11) is -3.37. The highest BCUT2D eigenvalue weighted by atomic mass is 35.5. The fraction of sp³-hybridized carbons (Fsp3) is 0.714. The molecule has 1 atom stereocenters. The summed E-state index contributed by atoms with van der Waals surface area (Å²) in [5, 5.41) is -0.579. The number of likely N-dealkylation sites (tertiary alicyclic amines) is 1. The van der Waals surface area contributed by atoms with E-state index in [9.17, 15) is 13.2 Å². The number of halogens is 1. The van der Waals surface area contributed by atoms with Crippen molar-refractivity contribution in [2.24, 2.45) is 0 Å². The van der Waals surface area contributed by atoms with Crippen molar-refractivity contribution in [3.05, 3.63) is 15.5 Å². The minimum atomic E-state index is -3.37. The lowest BCUT2D eigenvalue weighted by molar-refractivity contribution is 0.0219. The number of hydrogen-bond acceptors (Lipinski definition) is 6. The van der Waals surface area contributed by atoms with Crippen molar-refractivity contribution >= 4 is 38.9 Å². The summed E-state index contributed by atoms with van der Waals surface area (Å²) >= 11 is 6.91. The van der Waals surface area contributed by atoms with Crippen LogP contribution in [0.1, 0.15) is 38.5 Å². The summed E-state index contributed by atoms with van der Waals surface area (Å²) < 4.78 is 30.8. The van der Waals surface area contributed by atoms with E-state index in [0.717, 1.165) is 11.3 Å². The van der Waals surface area contributed by atoms with E-state index in [1.54, 1.807) is 20.8 Å². The second-order valence-corrected chi connectivity index (χ2v) is 10.6. The molecule has 0 aliphatic carbocycles. The Labute approximate surface area is 145 Å². The highest BCUT2D eigenvalue weighted by Crippen LogP contribution is 2.25. The van der Waals surface area contributed by atoms with Crippen LogP contribution < -0.4 is 0 Å². The van der Waals surface area contributed by atoms with Crippen LogP contribution in [0.2, 0.25) is 4.47 Å².